The van der Waals surface area contributed by atoms with Crippen molar-refractivity contribution in [2.45, 2.75) is 64.7 Å². The van der Waals surface area contributed by atoms with Crippen LogP contribution in [0.15, 0.2) is 30.3 Å². The average molecular weight is 376 g/mol. The molecule has 1 aromatic rings. The van der Waals surface area contributed by atoms with Crippen LogP contribution in [0.3, 0.4) is 0 Å². The van der Waals surface area contributed by atoms with Gasteiger partial charge >= 0.3 is 5.97 Å². The van der Waals surface area contributed by atoms with Gasteiger partial charge in [0.25, 0.3) is 0 Å². The fraction of sp³-hybridized carbons (Fsp3) is 0.545. The molecule has 0 unspecified atom stereocenters. The lowest BCUT2D eigenvalue weighted by Crippen LogP contribution is -2.21. The van der Waals surface area contributed by atoms with E-state index in [1.165, 1.54) is 38.5 Å². The maximum Gasteiger partial charge on any atom is 0.303 e. The van der Waals surface area contributed by atoms with Gasteiger partial charge in [-0.2, -0.15) is 0 Å². The van der Waals surface area contributed by atoms with E-state index >= 15 is 0 Å². The molecule has 0 atom stereocenters. The van der Waals surface area contributed by atoms with Gasteiger partial charge in [-0.3, -0.25) is 14.4 Å². The topological polar surface area (TPSA) is 75.6 Å². The van der Waals surface area contributed by atoms with E-state index in [1.54, 1.807) is 12.1 Å². The van der Waals surface area contributed by atoms with Crippen molar-refractivity contribution in [3.8, 4) is 0 Å². The van der Waals surface area contributed by atoms with E-state index in [-0.39, 0.29) is 18.8 Å². The van der Waals surface area contributed by atoms with Crippen molar-refractivity contribution in [2.75, 3.05) is 13.2 Å². The Hall–Kier alpha value is -1.98. The van der Waals surface area contributed by atoms with Crippen LogP contribution in [0.25, 0.3) is 6.08 Å². The molecule has 0 aliphatic rings. The molecule has 5 heteroatoms. The molecule has 5 nitrogen and oxygen atoms in total. The van der Waals surface area contributed by atoms with Gasteiger partial charge in [0, 0.05) is 18.5 Å². The van der Waals surface area contributed by atoms with Gasteiger partial charge in [0.15, 0.2) is 5.78 Å². The van der Waals surface area contributed by atoms with Crippen LogP contribution in [-0.4, -0.2) is 30.0 Å². The molecule has 0 bridgehead atoms. The fourth-order valence-corrected chi connectivity index (χ4v) is 2.63. The molecule has 27 heavy (non-hydrogen) atoms. The Bertz CT molecular complexity index is 566. The van der Waals surface area contributed by atoms with Gasteiger partial charge < -0.3 is 5.11 Å². The number of carbonyl (C=O) groups is 2. The molecule has 0 spiro atoms. The molecule has 0 aliphatic heterocycles. The number of carboxylic acids is 1. The summed E-state index contributed by atoms with van der Waals surface area (Å²) in [7, 11) is 0. The Balaban J connectivity index is 2.19. The number of ketones is 1. The van der Waals surface area contributed by atoms with E-state index in [9.17, 15) is 9.59 Å². The number of nitrogens with one attached hydrogen (secondary N) is 1. The van der Waals surface area contributed by atoms with Crippen molar-refractivity contribution in [3.63, 3.8) is 0 Å². The fourth-order valence-electron chi connectivity index (χ4n) is 2.63. The van der Waals surface area contributed by atoms with Crippen LogP contribution in [0, 0.1) is 0 Å². The monoisotopic (exact) mass is 375 g/mol. The zero-order valence-corrected chi connectivity index (χ0v) is 16.4. The Morgan fingerprint density at radius 2 is 1.74 bits per heavy atom. The third-order valence-electron chi connectivity index (χ3n) is 4.24. The summed E-state index contributed by atoms with van der Waals surface area (Å²) in [5.41, 5.74) is 4.31. The number of hydrogen-bond acceptors (Lipinski definition) is 4. The number of allylic oxidation sites excluding steroid dienone is 1. The largest absolute Gasteiger partial charge is 0.481 e. The maximum atomic E-state index is 12.0. The van der Waals surface area contributed by atoms with E-state index in [2.05, 4.69) is 24.6 Å². The predicted molar refractivity (Wildman–Crippen MR) is 109 cm³/mol. The molecule has 0 fully saturated rings. The first kappa shape index (κ1) is 23.1. The second kappa shape index (κ2) is 15.1. The molecule has 2 N–H and O–H groups in total. The van der Waals surface area contributed by atoms with Crippen LogP contribution >= 0.6 is 0 Å². The van der Waals surface area contributed by atoms with Crippen molar-refractivity contribution < 1.29 is 19.5 Å². The first-order chi connectivity index (χ1) is 13.1. The SMILES string of the molecule is CCCCCCCCC=Cc1ccc(C(=O)CONCCCC(=O)O)cc1. The predicted octanol–water partition coefficient (Wildman–Crippen LogP) is 5.02. The Labute approximate surface area is 162 Å². The number of Topliss-reactive ketones (excluding diaryl/α,β-unsaturated/α-hetero) is 1. The smallest absolute Gasteiger partial charge is 0.303 e. The van der Waals surface area contributed by atoms with Crippen molar-refractivity contribution >= 4 is 17.8 Å². The van der Waals surface area contributed by atoms with Gasteiger partial charge in [0.1, 0.15) is 6.61 Å². The molecule has 0 aromatic heterocycles. The third-order valence-corrected chi connectivity index (χ3v) is 4.24. The Kier molecular flexibility index (Phi) is 12.9. The summed E-state index contributed by atoms with van der Waals surface area (Å²) in [6, 6.07) is 7.48. The molecule has 1 rings (SSSR count). The number of benzene rings is 1. The molecule has 1 aromatic carbocycles. The third kappa shape index (κ3) is 12.1. The summed E-state index contributed by atoms with van der Waals surface area (Å²) >= 11 is 0. The van der Waals surface area contributed by atoms with E-state index in [0.717, 1.165) is 12.0 Å². The summed E-state index contributed by atoms with van der Waals surface area (Å²) in [6.45, 7) is 2.57. The number of rotatable bonds is 16. The first-order valence-corrected chi connectivity index (χ1v) is 9.99. The van der Waals surface area contributed by atoms with Crippen LogP contribution in [0.4, 0.5) is 0 Å². The summed E-state index contributed by atoms with van der Waals surface area (Å²) in [4.78, 5) is 27.5. The minimum Gasteiger partial charge on any atom is -0.481 e. The number of carbonyl (C=O) groups excluding carboxylic acids is 1. The summed E-state index contributed by atoms with van der Waals surface area (Å²) in [6.07, 6.45) is 13.7. The van der Waals surface area contributed by atoms with Crippen LogP contribution in [0.1, 0.15) is 80.6 Å². The maximum absolute atomic E-state index is 12.0. The molecular weight excluding hydrogens is 342 g/mol. The van der Waals surface area contributed by atoms with Crippen molar-refractivity contribution in [2.24, 2.45) is 0 Å². The Morgan fingerprint density at radius 3 is 2.44 bits per heavy atom. The highest BCUT2D eigenvalue weighted by Gasteiger charge is 2.05. The van der Waals surface area contributed by atoms with Crippen molar-refractivity contribution in [3.05, 3.63) is 41.5 Å². The van der Waals surface area contributed by atoms with Crippen LogP contribution in [-0.2, 0) is 9.63 Å². The van der Waals surface area contributed by atoms with Gasteiger partial charge in [-0.1, -0.05) is 75.4 Å². The normalized spacial score (nSPS) is 11.1. The van der Waals surface area contributed by atoms with Gasteiger partial charge in [0.05, 0.1) is 0 Å². The second-order valence-corrected chi connectivity index (χ2v) is 6.68. The second-order valence-electron chi connectivity index (χ2n) is 6.68. The summed E-state index contributed by atoms with van der Waals surface area (Å²) < 4.78 is 0. The quantitative estimate of drug-likeness (QED) is 0.241. The zero-order chi connectivity index (χ0) is 19.7. The highest BCUT2D eigenvalue weighted by molar-refractivity contribution is 5.97. The van der Waals surface area contributed by atoms with E-state index in [4.69, 9.17) is 9.94 Å². The molecule has 150 valence electrons. The van der Waals surface area contributed by atoms with Crippen molar-refractivity contribution in [1.29, 1.82) is 0 Å². The summed E-state index contributed by atoms with van der Waals surface area (Å²) in [5.74, 6) is -0.947. The van der Waals surface area contributed by atoms with Gasteiger partial charge in [-0.15, -0.1) is 0 Å². The highest BCUT2D eigenvalue weighted by atomic mass is 16.6. The lowest BCUT2D eigenvalue weighted by molar-refractivity contribution is -0.137. The molecule has 0 radical (unpaired) electrons. The van der Waals surface area contributed by atoms with Crippen LogP contribution < -0.4 is 5.48 Å². The number of carboxylic acid groups (broad SMARTS) is 1. The average Bonchev–Trinajstić information content (AvgIpc) is 2.66. The lowest BCUT2D eigenvalue weighted by atomic mass is 10.1. The molecule has 0 saturated heterocycles. The standard InChI is InChI=1S/C22H33NO4/c1-2-3-4-5-6-7-8-9-11-19-13-15-20(16-14-19)21(24)18-27-23-17-10-12-22(25)26/h9,11,13-16,23H,2-8,10,12,17-18H2,1H3,(H,25,26). The highest BCUT2D eigenvalue weighted by Crippen LogP contribution is 2.10. The molecular formula is C22H33NO4. The molecule has 0 aliphatic carbocycles. The van der Waals surface area contributed by atoms with Crippen molar-refractivity contribution in [1.82, 2.24) is 5.48 Å². The number of unbranched alkanes of at least 4 members (excludes halogenated alkanes) is 6. The van der Waals surface area contributed by atoms with Gasteiger partial charge in [-0.05, 0) is 24.8 Å². The number of hydroxylamine groups is 1. The molecule has 0 saturated carbocycles. The zero-order valence-electron chi connectivity index (χ0n) is 16.4. The van der Waals surface area contributed by atoms with Crippen LogP contribution in [0.5, 0.6) is 0 Å². The lowest BCUT2D eigenvalue weighted by Gasteiger charge is -2.05. The van der Waals surface area contributed by atoms with Gasteiger partial charge in [-0.25, -0.2) is 5.48 Å². The summed E-state index contributed by atoms with van der Waals surface area (Å²) in [5, 5.41) is 8.52. The van der Waals surface area contributed by atoms with E-state index in [0.29, 0.717) is 18.5 Å². The minimum absolute atomic E-state index is 0.0692. The van der Waals surface area contributed by atoms with Crippen LogP contribution in [0.2, 0.25) is 0 Å². The molecule has 0 heterocycles. The molecule has 0 amide bonds. The minimum atomic E-state index is -0.839. The Morgan fingerprint density at radius 1 is 1.04 bits per heavy atom. The number of aliphatic carboxylic acids is 1. The van der Waals surface area contributed by atoms with Gasteiger partial charge in [0.2, 0.25) is 0 Å². The van der Waals surface area contributed by atoms with E-state index in [1.807, 2.05) is 12.1 Å². The first-order valence-electron chi connectivity index (χ1n) is 9.99. The van der Waals surface area contributed by atoms with E-state index < -0.39 is 5.97 Å². The number of hydrogen-bond donors (Lipinski definition) is 2.